The zero-order valence-electron chi connectivity index (χ0n) is 12.8. The maximum atomic E-state index is 10.4. The van der Waals surface area contributed by atoms with Crippen molar-refractivity contribution < 1.29 is 20.1 Å². The first-order valence-corrected chi connectivity index (χ1v) is 7.95. The SMILES string of the molecule is CCCC(O)C=CC1CCC(O)C1CC=CCCC(=O)O. The fourth-order valence-corrected chi connectivity index (χ4v) is 2.89. The van der Waals surface area contributed by atoms with Crippen LogP contribution in [0.2, 0.25) is 0 Å². The first-order valence-electron chi connectivity index (χ1n) is 7.95. The van der Waals surface area contributed by atoms with Crippen molar-refractivity contribution in [3.05, 3.63) is 24.3 Å². The van der Waals surface area contributed by atoms with Crippen molar-refractivity contribution in [2.24, 2.45) is 11.8 Å². The fraction of sp³-hybridized carbons (Fsp3) is 0.706. The minimum Gasteiger partial charge on any atom is -0.481 e. The number of carbonyl (C=O) groups is 1. The van der Waals surface area contributed by atoms with Crippen molar-refractivity contribution in [1.29, 1.82) is 0 Å². The lowest BCUT2D eigenvalue weighted by molar-refractivity contribution is -0.136. The Kier molecular flexibility index (Phi) is 8.31. The van der Waals surface area contributed by atoms with Crippen LogP contribution in [0.4, 0.5) is 0 Å². The Balaban J connectivity index is 2.43. The fourth-order valence-electron chi connectivity index (χ4n) is 2.89. The Morgan fingerprint density at radius 3 is 2.76 bits per heavy atom. The molecule has 1 aliphatic rings. The van der Waals surface area contributed by atoms with Gasteiger partial charge < -0.3 is 15.3 Å². The van der Waals surface area contributed by atoms with Crippen molar-refractivity contribution in [1.82, 2.24) is 0 Å². The highest BCUT2D eigenvalue weighted by Crippen LogP contribution is 2.36. The molecule has 4 heteroatoms. The van der Waals surface area contributed by atoms with E-state index in [1.165, 1.54) is 0 Å². The highest BCUT2D eigenvalue weighted by molar-refractivity contribution is 5.66. The van der Waals surface area contributed by atoms with E-state index in [1.54, 1.807) is 0 Å². The Morgan fingerprint density at radius 1 is 1.33 bits per heavy atom. The van der Waals surface area contributed by atoms with E-state index in [9.17, 15) is 15.0 Å². The number of hydrogen-bond acceptors (Lipinski definition) is 3. The van der Waals surface area contributed by atoms with Gasteiger partial charge in [-0.1, -0.05) is 37.6 Å². The lowest BCUT2D eigenvalue weighted by atomic mass is 9.90. The molecule has 4 atom stereocenters. The molecule has 1 rings (SSSR count). The molecule has 0 bridgehead atoms. The third kappa shape index (κ3) is 6.91. The van der Waals surface area contributed by atoms with E-state index >= 15 is 0 Å². The summed E-state index contributed by atoms with van der Waals surface area (Å²) in [6.45, 7) is 2.04. The van der Waals surface area contributed by atoms with E-state index in [2.05, 4.69) is 0 Å². The summed E-state index contributed by atoms with van der Waals surface area (Å²) in [7, 11) is 0. The molecule has 0 saturated heterocycles. The minimum absolute atomic E-state index is 0.149. The normalized spacial score (nSPS) is 27.7. The molecule has 21 heavy (non-hydrogen) atoms. The molecular formula is C17H28O4. The van der Waals surface area contributed by atoms with Crippen molar-refractivity contribution in [2.45, 2.75) is 64.1 Å². The van der Waals surface area contributed by atoms with Crippen LogP contribution in [0.25, 0.3) is 0 Å². The van der Waals surface area contributed by atoms with Gasteiger partial charge in [-0.3, -0.25) is 4.79 Å². The molecule has 1 aliphatic carbocycles. The monoisotopic (exact) mass is 296 g/mol. The highest BCUT2D eigenvalue weighted by atomic mass is 16.4. The molecule has 0 radical (unpaired) electrons. The van der Waals surface area contributed by atoms with Crippen molar-refractivity contribution >= 4 is 5.97 Å². The summed E-state index contributed by atoms with van der Waals surface area (Å²) in [6.07, 6.45) is 12.0. The standard InChI is InChI=1S/C17H28O4/c1-2-6-14(18)11-9-13-10-12-16(19)15(13)7-4-3-5-8-17(20)21/h3-4,9,11,13-16,18-19H,2,5-8,10,12H2,1H3,(H,20,21). The van der Waals surface area contributed by atoms with E-state index in [-0.39, 0.29) is 24.5 Å². The van der Waals surface area contributed by atoms with Crippen LogP contribution in [0, 0.1) is 11.8 Å². The second-order valence-corrected chi connectivity index (χ2v) is 5.85. The zero-order valence-corrected chi connectivity index (χ0v) is 12.8. The summed E-state index contributed by atoms with van der Waals surface area (Å²) in [5.41, 5.74) is 0. The van der Waals surface area contributed by atoms with E-state index in [1.807, 2.05) is 31.2 Å². The van der Waals surface area contributed by atoms with E-state index in [4.69, 9.17) is 5.11 Å². The number of carboxylic acids is 1. The second-order valence-electron chi connectivity index (χ2n) is 5.85. The molecule has 0 spiro atoms. The van der Waals surface area contributed by atoms with Gasteiger partial charge in [-0.05, 0) is 43.9 Å². The van der Waals surface area contributed by atoms with Crippen molar-refractivity contribution in [3.63, 3.8) is 0 Å². The van der Waals surface area contributed by atoms with Gasteiger partial charge in [0.15, 0.2) is 0 Å². The average Bonchev–Trinajstić information content (AvgIpc) is 2.77. The van der Waals surface area contributed by atoms with Crippen LogP contribution in [0.15, 0.2) is 24.3 Å². The van der Waals surface area contributed by atoms with Gasteiger partial charge in [-0.15, -0.1) is 0 Å². The molecule has 3 N–H and O–H groups in total. The molecular weight excluding hydrogens is 268 g/mol. The molecule has 1 fully saturated rings. The molecule has 0 amide bonds. The number of allylic oxidation sites excluding steroid dienone is 3. The summed E-state index contributed by atoms with van der Waals surface area (Å²) >= 11 is 0. The van der Waals surface area contributed by atoms with Gasteiger partial charge in [0, 0.05) is 6.42 Å². The van der Waals surface area contributed by atoms with Crippen LogP contribution < -0.4 is 0 Å². The largest absolute Gasteiger partial charge is 0.481 e. The molecule has 0 aromatic heterocycles. The molecule has 120 valence electrons. The van der Waals surface area contributed by atoms with E-state index in [0.29, 0.717) is 12.3 Å². The number of aliphatic carboxylic acids is 1. The van der Waals surface area contributed by atoms with Gasteiger partial charge in [-0.2, -0.15) is 0 Å². The molecule has 4 nitrogen and oxygen atoms in total. The Labute approximate surface area is 127 Å². The van der Waals surface area contributed by atoms with Crippen LogP contribution in [0.3, 0.4) is 0 Å². The molecule has 1 saturated carbocycles. The smallest absolute Gasteiger partial charge is 0.303 e. The summed E-state index contributed by atoms with van der Waals surface area (Å²) in [5.74, 6) is -0.307. The van der Waals surface area contributed by atoms with Gasteiger partial charge in [0.2, 0.25) is 0 Å². The Morgan fingerprint density at radius 2 is 2.10 bits per heavy atom. The maximum absolute atomic E-state index is 10.4. The van der Waals surface area contributed by atoms with E-state index in [0.717, 1.165) is 32.1 Å². The van der Waals surface area contributed by atoms with Crippen molar-refractivity contribution in [2.75, 3.05) is 0 Å². The number of rotatable bonds is 9. The number of aliphatic hydroxyl groups is 2. The van der Waals surface area contributed by atoms with Gasteiger partial charge in [-0.25, -0.2) is 0 Å². The molecule has 0 aromatic rings. The molecule has 0 aliphatic heterocycles. The minimum atomic E-state index is -0.786. The Bertz CT molecular complexity index is 362. The maximum Gasteiger partial charge on any atom is 0.303 e. The lowest BCUT2D eigenvalue weighted by Crippen LogP contribution is -2.17. The summed E-state index contributed by atoms with van der Waals surface area (Å²) in [6, 6.07) is 0. The number of hydrogen-bond donors (Lipinski definition) is 3. The first-order chi connectivity index (χ1) is 10.0. The summed E-state index contributed by atoms with van der Waals surface area (Å²) in [5, 5.41) is 28.4. The van der Waals surface area contributed by atoms with Crippen LogP contribution >= 0.6 is 0 Å². The number of aliphatic hydroxyl groups excluding tert-OH is 2. The van der Waals surface area contributed by atoms with Crippen LogP contribution in [0.5, 0.6) is 0 Å². The quantitative estimate of drug-likeness (QED) is 0.572. The van der Waals surface area contributed by atoms with Crippen LogP contribution in [-0.4, -0.2) is 33.5 Å². The van der Waals surface area contributed by atoms with Gasteiger partial charge in [0.25, 0.3) is 0 Å². The number of carboxylic acid groups (broad SMARTS) is 1. The van der Waals surface area contributed by atoms with Gasteiger partial charge in [0.05, 0.1) is 12.2 Å². The van der Waals surface area contributed by atoms with Crippen LogP contribution in [-0.2, 0) is 4.79 Å². The highest BCUT2D eigenvalue weighted by Gasteiger charge is 2.32. The molecule has 0 aromatic carbocycles. The third-order valence-electron chi connectivity index (χ3n) is 4.10. The average molecular weight is 296 g/mol. The van der Waals surface area contributed by atoms with Crippen LogP contribution in [0.1, 0.15) is 51.9 Å². The zero-order chi connectivity index (χ0) is 15.7. The summed E-state index contributed by atoms with van der Waals surface area (Å²) < 4.78 is 0. The predicted octanol–water partition coefficient (Wildman–Crippen LogP) is 2.90. The molecule has 0 heterocycles. The lowest BCUT2D eigenvalue weighted by Gasteiger charge is -2.18. The second kappa shape index (κ2) is 9.74. The summed E-state index contributed by atoms with van der Waals surface area (Å²) in [4.78, 5) is 10.4. The predicted molar refractivity (Wildman–Crippen MR) is 82.9 cm³/mol. The first kappa shape index (κ1) is 17.9. The van der Waals surface area contributed by atoms with E-state index < -0.39 is 5.97 Å². The topological polar surface area (TPSA) is 77.8 Å². The van der Waals surface area contributed by atoms with Gasteiger partial charge in [0.1, 0.15) is 0 Å². The molecule has 4 unspecified atom stereocenters. The van der Waals surface area contributed by atoms with Crippen molar-refractivity contribution in [3.8, 4) is 0 Å². The Hall–Kier alpha value is -1.13. The third-order valence-corrected chi connectivity index (χ3v) is 4.10. The van der Waals surface area contributed by atoms with Gasteiger partial charge >= 0.3 is 5.97 Å².